The van der Waals surface area contributed by atoms with Gasteiger partial charge in [-0.3, -0.25) is 4.79 Å². The summed E-state index contributed by atoms with van der Waals surface area (Å²) in [7, 11) is 0. The SMILES string of the molecule is CCCOc1ccc(NCC(=O)N(CC)C2CC2)cc1. The van der Waals surface area contributed by atoms with Crippen molar-refractivity contribution in [2.75, 3.05) is 25.0 Å². The number of hydrogen-bond donors (Lipinski definition) is 1. The predicted molar refractivity (Wildman–Crippen MR) is 81.1 cm³/mol. The van der Waals surface area contributed by atoms with E-state index in [9.17, 15) is 4.79 Å². The van der Waals surface area contributed by atoms with E-state index in [1.165, 1.54) is 0 Å². The number of carbonyl (C=O) groups excluding carboxylic acids is 1. The van der Waals surface area contributed by atoms with E-state index < -0.39 is 0 Å². The molecular formula is C16H24N2O2. The Balaban J connectivity index is 1.79. The number of anilines is 1. The first-order valence-corrected chi connectivity index (χ1v) is 7.50. The molecule has 0 heterocycles. The lowest BCUT2D eigenvalue weighted by Crippen LogP contribution is -2.37. The Morgan fingerprint density at radius 2 is 2.00 bits per heavy atom. The fourth-order valence-corrected chi connectivity index (χ4v) is 2.19. The Kier molecular flexibility index (Phi) is 5.27. The van der Waals surface area contributed by atoms with E-state index in [1.54, 1.807) is 0 Å². The molecule has 0 unspecified atom stereocenters. The molecule has 0 bridgehead atoms. The number of hydrogen-bond acceptors (Lipinski definition) is 3. The van der Waals surface area contributed by atoms with Crippen molar-refractivity contribution in [3.05, 3.63) is 24.3 Å². The average Bonchev–Trinajstić information content (AvgIpc) is 3.29. The van der Waals surface area contributed by atoms with Crippen molar-refractivity contribution in [2.24, 2.45) is 0 Å². The minimum Gasteiger partial charge on any atom is -0.494 e. The summed E-state index contributed by atoms with van der Waals surface area (Å²) in [5.41, 5.74) is 0.953. The number of rotatable bonds is 8. The third-order valence-corrected chi connectivity index (χ3v) is 3.42. The van der Waals surface area contributed by atoms with E-state index in [-0.39, 0.29) is 5.91 Å². The summed E-state index contributed by atoms with van der Waals surface area (Å²) in [6.45, 7) is 6.02. The number of carbonyl (C=O) groups is 1. The second-order valence-corrected chi connectivity index (χ2v) is 5.14. The van der Waals surface area contributed by atoms with Gasteiger partial charge in [0, 0.05) is 18.3 Å². The molecule has 1 aliphatic carbocycles. The highest BCUT2D eigenvalue weighted by atomic mass is 16.5. The van der Waals surface area contributed by atoms with Crippen LogP contribution in [0.1, 0.15) is 33.1 Å². The summed E-state index contributed by atoms with van der Waals surface area (Å²) in [5, 5.41) is 3.18. The lowest BCUT2D eigenvalue weighted by Gasteiger charge is -2.20. The van der Waals surface area contributed by atoms with Crippen molar-refractivity contribution in [1.29, 1.82) is 0 Å². The highest BCUT2D eigenvalue weighted by Gasteiger charge is 2.30. The maximum Gasteiger partial charge on any atom is 0.242 e. The number of nitrogens with one attached hydrogen (secondary N) is 1. The number of benzene rings is 1. The van der Waals surface area contributed by atoms with Gasteiger partial charge in [0.25, 0.3) is 0 Å². The van der Waals surface area contributed by atoms with Gasteiger partial charge in [-0.15, -0.1) is 0 Å². The summed E-state index contributed by atoms with van der Waals surface area (Å²) < 4.78 is 5.53. The van der Waals surface area contributed by atoms with Gasteiger partial charge in [-0.2, -0.15) is 0 Å². The molecule has 0 atom stereocenters. The van der Waals surface area contributed by atoms with Crippen molar-refractivity contribution >= 4 is 11.6 Å². The summed E-state index contributed by atoms with van der Waals surface area (Å²) in [6, 6.07) is 8.25. The molecule has 1 aromatic rings. The molecule has 1 fully saturated rings. The fraction of sp³-hybridized carbons (Fsp3) is 0.562. The standard InChI is InChI=1S/C16H24N2O2/c1-3-11-20-15-9-5-13(6-10-15)17-12-16(19)18(4-2)14-7-8-14/h5-6,9-10,14,17H,3-4,7-8,11-12H2,1-2H3. The van der Waals surface area contributed by atoms with E-state index >= 15 is 0 Å². The molecule has 0 aromatic heterocycles. The molecule has 110 valence electrons. The topological polar surface area (TPSA) is 41.6 Å². The van der Waals surface area contributed by atoms with Gasteiger partial charge in [0.05, 0.1) is 13.2 Å². The maximum atomic E-state index is 12.1. The first kappa shape index (κ1) is 14.7. The zero-order valence-corrected chi connectivity index (χ0v) is 12.4. The van der Waals surface area contributed by atoms with Crippen molar-refractivity contribution < 1.29 is 9.53 Å². The van der Waals surface area contributed by atoms with Crippen LogP contribution in [0.5, 0.6) is 5.75 Å². The molecule has 1 aliphatic rings. The van der Waals surface area contributed by atoms with Crippen LogP contribution in [0.3, 0.4) is 0 Å². The molecule has 1 N–H and O–H groups in total. The highest BCUT2D eigenvalue weighted by Crippen LogP contribution is 2.26. The molecule has 0 radical (unpaired) electrons. The third-order valence-electron chi connectivity index (χ3n) is 3.42. The molecule has 0 spiro atoms. The predicted octanol–water partition coefficient (Wildman–Crippen LogP) is 2.90. The molecule has 1 amide bonds. The molecule has 0 saturated heterocycles. The first-order valence-electron chi connectivity index (χ1n) is 7.50. The molecule has 20 heavy (non-hydrogen) atoms. The van der Waals surface area contributed by atoms with E-state index in [4.69, 9.17) is 4.74 Å². The largest absolute Gasteiger partial charge is 0.494 e. The Morgan fingerprint density at radius 1 is 1.30 bits per heavy atom. The number of nitrogens with zero attached hydrogens (tertiary/aromatic N) is 1. The van der Waals surface area contributed by atoms with Gasteiger partial charge in [0.15, 0.2) is 0 Å². The van der Waals surface area contributed by atoms with Crippen molar-refractivity contribution in [3.8, 4) is 5.75 Å². The van der Waals surface area contributed by atoms with Crippen LogP contribution < -0.4 is 10.1 Å². The normalized spacial score (nSPS) is 13.9. The van der Waals surface area contributed by atoms with Crippen LogP contribution in [0.15, 0.2) is 24.3 Å². The van der Waals surface area contributed by atoms with Gasteiger partial charge in [-0.25, -0.2) is 0 Å². The van der Waals surface area contributed by atoms with Crippen molar-refractivity contribution in [1.82, 2.24) is 4.90 Å². The van der Waals surface area contributed by atoms with Gasteiger partial charge in [0.2, 0.25) is 5.91 Å². The summed E-state index contributed by atoms with van der Waals surface area (Å²) >= 11 is 0. The molecule has 4 nitrogen and oxygen atoms in total. The maximum absolute atomic E-state index is 12.1. The monoisotopic (exact) mass is 276 g/mol. The van der Waals surface area contributed by atoms with Crippen LogP contribution in [0.25, 0.3) is 0 Å². The lowest BCUT2D eigenvalue weighted by atomic mass is 10.3. The van der Waals surface area contributed by atoms with E-state index in [1.807, 2.05) is 36.1 Å². The van der Waals surface area contributed by atoms with Gasteiger partial charge in [0.1, 0.15) is 5.75 Å². The third kappa shape index (κ3) is 4.15. The van der Waals surface area contributed by atoms with Gasteiger partial charge in [-0.05, 0) is 50.5 Å². The number of ether oxygens (including phenoxy) is 1. The number of likely N-dealkylation sites (N-methyl/N-ethyl adjacent to an activating group) is 1. The van der Waals surface area contributed by atoms with Crippen LogP contribution >= 0.6 is 0 Å². The van der Waals surface area contributed by atoms with E-state index in [2.05, 4.69) is 12.2 Å². The van der Waals surface area contributed by atoms with Crippen LogP contribution in [0, 0.1) is 0 Å². The Labute approximate surface area is 121 Å². The van der Waals surface area contributed by atoms with Crippen LogP contribution in [0.2, 0.25) is 0 Å². The zero-order chi connectivity index (χ0) is 14.4. The molecule has 1 aromatic carbocycles. The Hall–Kier alpha value is -1.71. The van der Waals surface area contributed by atoms with Gasteiger partial charge < -0.3 is 15.0 Å². The smallest absolute Gasteiger partial charge is 0.242 e. The second-order valence-electron chi connectivity index (χ2n) is 5.14. The lowest BCUT2D eigenvalue weighted by molar-refractivity contribution is -0.129. The van der Waals surface area contributed by atoms with E-state index in [0.717, 1.165) is 43.9 Å². The second kappa shape index (κ2) is 7.17. The summed E-state index contributed by atoms with van der Waals surface area (Å²) in [6.07, 6.45) is 3.31. The molecule has 4 heteroatoms. The van der Waals surface area contributed by atoms with Crippen molar-refractivity contribution in [2.45, 2.75) is 39.2 Å². The van der Waals surface area contributed by atoms with Gasteiger partial charge >= 0.3 is 0 Å². The average molecular weight is 276 g/mol. The molecule has 0 aliphatic heterocycles. The van der Waals surface area contributed by atoms with Crippen LogP contribution in [-0.4, -0.2) is 36.5 Å². The zero-order valence-electron chi connectivity index (χ0n) is 12.4. The van der Waals surface area contributed by atoms with Gasteiger partial charge in [-0.1, -0.05) is 6.92 Å². The highest BCUT2D eigenvalue weighted by molar-refractivity contribution is 5.81. The fourth-order valence-electron chi connectivity index (χ4n) is 2.19. The summed E-state index contributed by atoms with van der Waals surface area (Å²) in [5.74, 6) is 1.05. The van der Waals surface area contributed by atoms with E-state index in [0.29, 0.717) is 12.6 Å². The quantitative estimate of drug-likeness (QED) is 0.794. The first-order chi connectivity index (χ1) is 9.74. The minimum atomic E-state index is 0.182. The van der Waals surface area contributed by atoms with Crippen LogP contribution in [-0.2, 0) is 4.79 Å². The van der Waals surface area contributed by atoms with Crippen LogP contribution in [0.4, 0.5) is 5.69 Å². The van der Waals surface area contributed by atoms with Crippen molar-refractivity contribution in [3.63, 3.8) is 0 Å². The number of amides is 1. The molecule has 1 saturated carbocycles. The molecule has 2 rings (SSSR count). The minimum absolute atomic E-state index is 0.182. The summed E-state index contributed by atoms with van der Waals surface area (Å²) in [4.78, 5) is 14.0. The molecular weight excluding hydrogens is 252 g/mol. The Bertz CT molecular complexity index is 427. The Morgan fingerprint density at radius 3 is 2.55 bits per heavy atom.